The lowest BCUT2D eigenvalue weighted by molar-refractivity contribution is 0.143. The van der Waals surface area contributed by atoms with Crippen LogP contribution in [0.15, 0.2) is 91.0 Å². The molecule has 12 heteroatoms. The van der Waals surface area contributed by atoms with Crippen molar-refractivity contribution < 1.29 is 26.7 Å². The molecule has 1 heterocycles. The van der Waals surface area contributed by atoms with E-state index in [1.54, 1.807) is 0 Å². The summed E-state index contributed by atoms with van der Waals surface area (Å²) >= 11 is 0. The first-order valence-corrected chi connectivity index (χ1v) is 20.9. The van der Waals surface area contributed by atoms with Crippen LogP contribution in [-0.4, -0.2) is 46.9 Å². The summed E-state index contributed by atoms with van der Waals surface area (Å²) in [5, 5.41) is 3.41. The van der Waals surface area contributed by atoms with Crippen LogP contribution in [0.25, 0.3) is 0 Å². The molecule has 3 aromatic rings. The van der Waals surface area contributed by atoms with Gasteiger partial charge >= 0.3 is 22.0 Å². The fourth-order valence-electron chi connectivity index (χ4n) is 3.98. The van der Waals surface area contributed by atoms with Crippen LogP contribution in [0.1, 0.15) is 0 Å². The molecule has 0 unspecified atom stereocenters. The Labute approximate surface area is 219 Å². The Bertz CT molecular complexity index is 962. The maximum absolute atomic E-state index is 6.45. The summed E-state index contributed by atoms with van der Waals surface area (Å²) in [4.78, 5) is 0. The van der Waals surface area contributed by atoms with Crippen molar-refractivity contribution in [1.29, 1.82) is 0 Å². The first-order chi connectivity index (χ1) is 17.1. The van der Waals surface area contributed by atoms with Crippen LogP contribution >= 0.6 is 0 Å². The SMILES string of the molecule is C[Si](C)(OB1OB(O[Si](C)(C)c2ccccc2)OB(O[Si](C)(C)c2ccccc2)O1)c1ccccc1. The minimum absolute atomic E-state index is 0.989. The summed E-state index contributed by atoms with van der Waals surface area (Å²) in [5.41, 5.74) is 0. The Balaban J connectivity index is 1.55. The molecule has 6 nitrogen and oxygen atoms in total. The van der Waals surface area contributed by atoms with E-state index in [0.717, 1.165) is 15.6 Å². The first-order valence-electron chi connectivity index (χ1n) is 12.2. The maximum atomic E-state index is 6.45. The van der Waals surface area contributed by atoms with Gasteiger partial charge in [-0.1, -0.05) is 91.0 Å². The average Bonchev–Trinajstić information content (AvgIpc) is 2.85. The standard InChI is InChI=1S/C24H33B3O6Si3/c1-34(2,22-16-10-7-11-17-22)31-25-28-26(32-35(3,4)23-18-12-8-13-19-23)30-27(29-25)33-36(5,6)24-20-14-9-15-21-24/h7-21H,1-6H3. The molecule has 1 fully saturated rings. The van der Waals surface area contributed by atoms with E-state index < -0.39 is 46.9 Å². The highest BCUT2D eigenvalue weighted by Crippen LogP contribution is 2.21. The Hall–Kier alpha value is -1.73. The van der Waals surface area contributed by atoms with Crippen molar-refractivity contribution in [2.24, 2.45) is 0 Å². The highest BCUT2D eigenvalue weighted by molar-refractivity contribution is 6.92. The van der Waals surface area contributed by atoms with Gasteiger partial charge in [0.05, 0.1) is 0 Å². The zero-order valence-corrected chi connectivity index (χ0v) is 24.8. The van der Waals surface area contributed by atoms with E-state index in [4.69, 9.17) is 26.7 Å². The second-order valence-electron chi connectivity index (χ2n) is 10.3. The molecule has 3 aromatic carbocycles. The van der Waals surface area contributed by atoms with Gasteiger partial charge in [0.1, 0.15) is 0 Å². The third-order valence-electron chi connectivity index (χ3n) is 6.25. The lowest BCUT2D eigenvalue weighted by Crippen LogP contribution is -2.63. The Morgan fingerprint density at radius 2 is 0.639 bits per heavy atom. The van der Waals surface area contributed by atoms with Crippen molar-refractivity contribution in [3.8, 4) is 0 Å². The molecule has 0 aliphatic carbocycles. The Morgan fingerprint density at radius 3 is 0.861 bits per heavy atom. The topological polar surface area (TPSA) is 55.4 Å². The molecule has 4 rings (SSSR count). The smallest absolute Gasteiger partial charge is 0.426 e. The van der Waals surface area contributed by atoms with Gasteiger partial charge in [-0.05, 0) is 54.8 Å². The predicted octanol–water partition coefficient (Wildman–Crippen LogP) is 3.39. The highest BCUT2D eigenvalue weighted by atomic mass is 28.4. The molecule has 0 N–H and O–H groups in total. The second-order valence-corrected chi connectivity index (χ2v) is 21.8. The normalized spacial score (nSPS) is 15.3. The number of rotatable bonds is 9. The Morgan fingerprint density at radius 1 is 0.417 bits per heavy atom. The minimum atomic E-state index is -2.37. The molecule has 36 heavy (non-hydrogen) atoms. The number of hydrogen-bond donors (Lipinski definition) is 0. The predicted molar refractivity (Wildman–Crippen MR) is 154 cm³/mol. The molecular weight excluding hydrogens is 501 g/mol. The summed E-state index contributed by atoms with van der Waals surface area (Å²) in [5.74, 6) is 0. The largest absolute Gasteiger partial charge is 0.604 e. The van der Waals surface area contributed by atoms with Gasteiger partial charge in [-0.15, -0.1) is 0 Å². The van der Waals surface area contributed by atoms with Gasteiger partial charge in [-0.25, -0.2) is 0 Å². The van der Waals surface area contributed by atoms with Gasteiger partial charge < -0.3 is 26.7 Å². The molecule has 0 amide bonds. The molecule has 1 saturated heterocycles. The fraction of sp³-hybridized carbons (Fsp3) is 0.250. The average molecular weight is 534 g/mol. The lowest BCUT2D eigenvalue weighted by atomic mass is 9.98. The molecule has 1 aliphatic rings. The second kappa shape index (κ2) is 11.3. The van der Waals surface area contributed by atoms with Crippen LogP contribution in [0.2, 0.25) is 39.3 Å². The molecule has 0 atom stereocenters. The summed E-state index contributed by atoms with van der Waals surface area (Å²) in [6.45, 7) is 12.7. The molecule has 0 aromatic heterocycles. The molecule has 1 aliphatic heterocycles. The van der Waals surface area contributed by atoms with Crippen LogP contribution in [0.3, 0.4) is 0 Å². The van der Waals surface area contributed by atoms with Crippen LogP contribution in [0.5, 0.6) is 0 Å². The molecule has 0 saturated carbocycles. The quantitative estimate of drug-likeness (QED) is 0.393. The van der Waals surface area contributed by atoms with Gasteiger partial charge in [0, 0.05) is 0 Å². The summed E-state index contributed by atoms with van der Waals surface area (Å²) in [6, 6.07) is 30.5. The summed E-state index contributed by atoms with van der Waals surface area (Å²) in [6.07, 6.45) is 0. The zero-order chi connectivity index (χ0) is 25.8. The molecule has 0 bridgehead atoms. The van der Waals surface area contributed by atoms with Crippen molar-refractivity contribution >= 4 is 62.5 Å². The van der Waals surface area contributed by atoms with Gasteiger partial charge in [0.15, 0.2) is 0 Å². The van der Waals surface area contributed by atoms with Gasteiger partial charge in [-0.2, -0.15) is 0 Å². The van der Waals surface area contributed by atoms with Crippen molar-refractivity contribution in [1.82, 2.24) is 0 Å². The van der Waals surface area contributed by atoms with Crippen molar-refractivity contribution in [2.45, 2.75) is 39.3 Å². The van der Waals surface area contributed by atoms with Crippen molar-refractivity contribution in [2.75, 3.05) is 0 Å². The monoisotopic (exact) mass is 534 g/mol. The third-order valence-corrected chi connectivity index (χ3v) is 13.8. The van der Waals surface area contributed by atoms with Crippen LogP contribution in [-0.2, 0) is 26.7 Å². The number of benzene rings is 3. The van der Waals surface area contributed by atoms with E-state index in [9.17, 15) is 0 Å². The van der Waals surface area contributed by atoms with Crippen LogP contribution < -0.4 is 15.6 Å². The van der Waals surface area contributed by atoms with Crippen LogP contribution in [0.4, 0.5) is 0 Å². The number of hydrogen-bond acceptors (Lipinski definition) is 6. The zero-order valence-electron chi connectivity index (χ0n) is 21.8. The molecular formula is C24H33B3O6Si3. The molecule has 0 spiro atoms. The summed E-state index contributed by atoms with van der Waals surface area (Å²) in [7, 11) is -10.1. The van der Waals surface area contributed by atoms with Crippen molar-refractivity contribution in [3.05, 3.63) is 91.0 Å². The summed E-state index contributed by atoms with van der Waals surface area (Å²) < 4.78 is 37.6. The van der Waals surface area contributed by atoms with Crippen molar-refractivity contribution in [3.63, 3.8) is 0 Å². The highest BCUT2D eigenvalue weighted by Gasteiger charge is 2.52. The maximum Gasteiger partial charge on any atom is 0.604 e. The van der Waals surface area contributed by atoms with E-state index in [0.29, 0.717) is 0 Å². The van der Waals surface area contributed by atoms with Gasteiger partial charge in [0.2, 0.25) is 25.0 Å². The van der Waals surface area contributed by atoms with E-state index in [-0.39, 0.29) is 0 Å². The third kappa shape index (κ3) is 6.97. The van der Waals surface area contributed by atoms with E-state index >= 15 is 0 Å². The lowest BCUT2D eigenvalue weighted by Gasteiger charge is -2.37. The van der Waals surface area contributed by atoms with E-state index in [1.807, 2.05) is 54.6 Å². The van der Waals surface area contributed by atoms with Gasteiger partial charge in [0.25, 0.3) is 0 Å². The first kappa shape index (κ1) is 27.3. The van der Waals surface area contributed by atoms with E-state index in [1.165, 1.54) is 0 Å². The molecule has 0 radical (unpaired) electrons. The van der Waals surface area contributed by atoms with E-state index in [2.05, 4.69) is 75.7 Å². The van der Waals surface area contributed by atoms with Gasteiger partial charge in [-0.3, -0.25) is 0 Å². The molecule has 186 valence electrons. The fourth-order valence-corrected chi connectivity index (χ4v) is 9.15. The Kier molecular flexibility index (Phi) is 8.60. The van der Waals surface area contributed by atoms with Crippen LogP contribution in [0, 0.1) is 0 Å². The minimum Gasteiger partial charge on any atom is -0.426 e.